The van der Waals surface area contributed by atoms with Gasteiger partial charge in [0.25, 0.3) is 0 Å². The monoisotopic (exact) mass is 263 g/mol. The lowest BCUT2D eigenvalue weighted by molar-refractivity contribution is 0.103. The van der Waals surface area contributed by atoms with Gasteiger partial charge >= 0.3 is 0 Å². The summed E-state index contributed by atoms with van der Waals surface area (Å²) >= 11 is 0. The zero-order valence-corrected chi connectivity index (χ0v) is 11.9. The second-order valence-electron chi connectivity index (χ2n) is 5.38. The summed E-state index contributed by atoms with van der Waals surface area (Å²) in [5, 5.41) is 0.995. The largest absolute Gasteiger partial charge is 0.358 e. The number of nitrogens with one attached hydrogen (secondary N) is 1. The third-order valence-electron chi connectivity index (χ3n) is 3.60. The van der Waals surface area contributed by atoms with Gasteiger partial charge in [0.15, 0.2) is 5.78 Å². The van der Waals surface area contributed by atoms with Crippen LogP contribution in [0.25, 0.3) is 10.9 Å². The average Bonchev–Trinajstić information content (AvgIpc) is 2.72. The molecule has 2 heteroatoms. The first-order chi connectivity index (χ1) is 9.56. The van der Waals surface area contributed by atoms with Gasteiger partial charge in [-0.25, -0.2) is 0 Å². The summed E-state index contributed by atoms with van der Waals surface area (Å²) in [6, 6.07) is 13.9. The molecule has 0 spiro atoms. The quantitative estimate of drug-likeness (QED) is 0.686. The molecule has 0 bridgehead atoms. The number of rotatable bonds is 2. The van der Waals surface area contributed by atoms with Crippen molar-refractivity contribution in [3.05, 3.63) is 70.4 Å². The highest BCUT2D eigenvalue weighted by atomic mass is 16.1. The fourth-order valence-corrected chi connectivity index (χ4v) is 2.82. The zero-order chi connectivity index (χ0) is 14.3. The summed E-state index contributed by atoms with van der Waals surface area (Å²) in [4.78, 5) is 16.1. The van der Waals surface area contributed by atoms with E-state index in [-0.39, 0.29) is 5.78 Å². The highest BCUT2D eigenvalue weighted by Crippen LogP contribution is 2.25. The number of ketones is 1. The van der Waals surface area contributed by atoms with E-state index in [1.807, 2.05) is 57.2 Å². The highest BCUT2D eigenvalue weighted by Gasteiger charge is 2.17. The van der Waals surface area contributed by atoms with Gasteiger partial charge in [-0.3, -0.25) is 4.79 Å². The zero-order valence-electron chi connectivity index (χ0n) is 11.9. The number of aryl methyl sites for hydroxylation is 3. The molecule has 0 aliphatic heterocycles. The normalized spacial score (nSPS) is 10.9. The molecule has 0 aliphatic rings. The molecule has 1 aromatic heterocycles. The summed E-state index contributed by atoms with van der Waals surface area (Å²) in [5.74, 6) is 0.0896. The maximum Gasteiger partial charge on any atom is 0.195 e. The number of fused-ring (bicyclic) bond motifs is 1. The first kappa shape index (κ1) is 12.7. The van der Waals surface area contributed by atoms with Crippen LogP contribution in [0.1, 0.15) is 32.7 Å². The minimum absolute atomic E-state index is 0.0896. The highest BCUT2D eigenvalue weighted by molar-refractivity contribution is 6.17. The number of aromatic nitrogens is 1. The van der Waals surface area contributed by atoms with Crippen LogP contribution in [0.15, 0.2) is 42.5 Å². The van der Waals surface area contributed by atoms with Crippen LogP contribution in [0.3, 0.4) is 0 Å². The number of para-hydroxylation sites is 1. The SMILES string of the molecule is Cc1cc(C)cc(C(=O)c2c(C)[nH]c3ccccc23)c1. The molecule has 0 saturated heterocycles. The fourth-order valence-electron chi connectivity index (χ4n) is 2.82. The summed E-state index contributed by atoms with van der Waals surface area (Å²) in [7, 11) is 0. The number of hydrogen-bond acceptors (Lipinski definition) is 1. The van der Waals surface area contributed by atoms with E-state index in [4.69, 9.17) is 0 Å². The van der Waals surface area contributed by atoms with Gasteiger partial charge in [-0.2, -0.15) is 0 Å². The summed E-state index contributed by atoms with van der Waals surface area (Å²) in [5.41, 5.74) is 5.71. The molecule has 0 amide bonds. The van der Waals surface area contributed by atoms with Crippen molar-refractivity contribution in [3.8, 4) is 0 Å². The lowest BCUT2D eigenvalue weighted by Crippen LogP contribution is -2.03. The Hall–Kier alpha value is -2.35. The van der Waals surface area contributed by atoms with E-state index in [1.165, 1.54) is 0 Å². The minimum atomic E-state index is 0.0896. The average molecular weight is 263 g/mol. The Labute approximate surface area is 118 Å². The van der Waals surface area contributed by atoms with Gasteiger partial charge in [-0.05, 0) is 39.0 Å². The van der Waals surface area contributed by atoms with Crippen LogP contribution in [0, 0.1) is 20.8 Å². The summed E-state index contributed by atoms with van der Waals surface area (Å²) in [6.45, 7) is 5.99. The first-order valence-electron chi connectivity index (χ1n) is 6.76. The molecular weight excluding hydrogens is 246 g/mol. The van der Waals surface area contributed by atoms with E-state index in [1.54, 1.807) is 0 Å². The second-order valence-corrected chi connectivity index (χ2v) is 5.38. The molecule has 0 atom stereocenters. The Morgan fingerprint density at radius 3 is 2.30 bits per heavy atom. The maximum atomic E-state index is 12.8. The van der Waals surface area contributed by atoms with E-state index in [0.29, 0.717) is 0 Å². The van der Waals surface area contributed by atoms with Crippen molar-refractivity contribution in [1.82, 2.24) is 4.98 Å². The van der Waals surface area contributed by atoms with Crippen LogP contribution in [0.2, 0.25) is 0 Å². The number of aromatic amines is 1. The minimum Gasteiger partial charge on any atom is -0.358 e. The maximum absolute atomic E-state index is 12.8. The molecule has 0 fully saturated rings. The van der Waals surface area contributed by atoms with Gasteiger partial charge in [0.2, 0.25) is 0 Å². The third-order valence-corrected chi connectivity index (χ3v) is 3.60. The van der Waals surface area contributed by atoms with Crippen LogP contribution >= 0.6 is 0 Å². The van der Waals surface area contributed by atoms with Gasteiger partial charge in [-0.15, -0.1) is 0 Å². The van der Waals surface area contributed by atoms with Crippen molar-refractivity contribution in [2.75, 3.05) is 0 Å². The van der Waals surface area contributed by atoms with Crippen LogP contribution in [-0.4, -0.2) is 10.8 Å². The van der Waals surface area contributed by atoms with E-state index in [2.05, 4.69) is 11.1 Å². The van der Waals surface area contributed by atoms with Crippen molar-refractivity contribution < 1.29 is 4.79 Å². The molecule has 1 N–H and O–H groups in total. The van der Waals surface area contributed by atoms with E-state index < -0.39 is 0 Å². The van der Waals surface area contributed by atoms with Crippen molar-refractivity contribution in [2.45, 2.75) is 20.8 Å². The molecular formula is C18H17NO. The van der Waals surface area contributed by atoms with E-state index in [0.717, 1.165) is 38.9 Å². The van der Waals surface area contributed by atoms with Crippen LogP contribution < -0.4 is 0 Å². The molecule has 2 nitrogen and oxygen atoms in total. The molecule has 0 saturated carbocycles. The van der Waals surface area contributed by atoms with Crippen LogP contribution in [-0.2, 0) is 0 Å². The molecule has 0 unspecified atom stereocenters. The standard InChI is InChI=1S/C18H17NO/c1-11-8-12(2)10-14(9-11)18(20)17-13(3)19-16-7-5-4-6-15(16)17/h4-10,19H,1-3H3. The van der Waals surface area contributed by atoms with Gasteiger partial charge < -0.3 is 4.98 Å². The molecule has 100 valence electrons. The molecule has 1 heterocycles. The molecule has 3 aromatic rings. The molecule has 20 heavy (non-hydrogen) atoms. The van der Waals surface area contributed by atoms with E-state index in [9.17, 15) is 4.79 Å². The van der Waals surface area contributed by atoms with E-state index >= 15 is 0 Å². The fraction of sp³-hybridized carbons (Fsp3) is 0.167. The van der Waals surface area contributed by atoms with Crippen molar-refractivity contribution in [3.63, 3.8) is 0 Å². The number of hydrogen-bond donors (Lipinski definition) is 1. The van der Waals surface area contributed by atoms with Gasteiger partial charge in [0, 0.05) is 22.2 Å². The first-order valence-corrected chi connectivity index (χ1v) is 6.76. The Kier molecular flexibility index (Phi) is 2.94. The smallest absolute Gasteiger partial charge is 0.195 e. The Bertz CT molecular complexity index is 791. The Balaban J connectivity index is 2.20. The van der Waals surface area contributed by atoms with Crippen molar-refractivity contribution in [2.24, 2.45) is 0 Å². The topological polar surface area (TPSA) is 32.9 Å². The van der Waals surface area contributed by atoms with Gasteiger partial charge in [0.1, 0.15) is 0 Å². The lowest BCUT2D eigenvalue weighted by atomic mass is 9.97. The predicted octanol–water partition coefficient (Wildman–Crippen LogP) is 4.32. The molecule has 2 aromatic carbocycles. The number of carbonyl (C=O) groups is 1. The Morgan fingerprint density at radius 2 is 1.60 bits per heavy atom. The molecule has 0 aliphatic carbocycles. The van der Waals surface area contributed by atoms with Crippen molar-refractivity contribution >= 4 is 16.7 Å². The number of benzene rings is 2. The molecule has 3 rings (SSSR count). The number of carbonyl (C=O) groups excluding carboxylic acids is 1. The summed E-state index contributed by atoms with van der Waals surface area (Å²) < 4.78 is 0. The number of H-pyrrole nitrogens is 1. The third kappa shape index (κ3) is 2.03. The van der Waals surface area contributed by atoms with Gasteiger partial charge in [0.05, 0.1) is 5.56 Å². The summed E-state index contributed by atoms with van der Waals surface area (Å²) in [6.07, 6.45) is 0. The molecule has 0 radical (unpaired) electrons. The second kappa shape index (κ2) is 4.64. The van der Waals surface area contributed by atoms with Gasteiger partial charge in [-0.1, -0.05) is 35.4 Å². The predicted molar refractivity (Wildman–Crippen MR) is 82.4 cm³/mol. The van der Waals surface area contributed by atoms with Crippen LogP contribution in [0.5, 0.6) is 0 Å². The Morgan fingerprint density at radius 1 is 0.950 bits per heavy atom. The lowest BCUT2D eigenvalue weighted by Gasteiger charge is -2.05. The van der Waals surface area contributed by atoms with Crippen LogP contribution in [0.4, 0.5) is 0 Å². The van der Waals surface area contributed by atoms with Crippen molar-refractivity contribution in [1.29, 1.82) is 0 Å².